The Labute approximate surface area is 111 Å². The van der Waals surface area contributed by atoms with E-state index in [1.807, 2.05) is 6.92 Å². The Hall–Kier alpha value is -1.26. The Morgan fingerprint density at radius 2 is 2.22 bits per heavy atom. The highest BCUT2D eigenvalue weighted by atomic mass is 35.5. The van der Waals surface area contributed by atoms with Crippen molar-refractivity contribution in [3.05, 3.63) is 28.8 Å². The lowest BCUT2D eigenvalue weighted by molar-refractivity contribution is -0.0859. The Kier molecular flexibility index (Phi) is 3.50. The van der Waals surface area contributed by atoms with Crippen molar-refractivity contribution in [3.63, 3.8) is 0 Å². The summed E-state index contributed by atoms with van der Waals surface area (Å²) in [6.45, 7) is 2.77. The lowest BCUT2D eigenvalue weighted by Crippen LogP contribution is -2.63. The number of amides is 1. The quantitative estimate of drug-likeness (QED) is 0.823. The van der Waals surface area contributed by atoms with E-state index < -0.39 is 5.60 Å². The van der Waals surface area contributed by atoms with Gasteiger partial charge in [0.1, 0.15) is 0 Å². The monoisotopic (exact) mass is 268 g/mol. The fourth-order valence-corrected chi connectivity index (χ4v) is 2.51. The van der Waals surface area contributed by atoms with Gasteiger partial charge >= 0.3 is 0 Å². The molecule has 1 aliphatic rings. The van der Waals surface area contributed by atoms with E-state index in [9.17, 15) is 9.90 Å². The minimum absolute atomic E-state index is 0.148. The maximum absolute atomic E-state index is 12.1. The first-order valence-corrected chi connectivity index (χ1v) is 6.40. The van der Waals surface area contributed by atoms with Gasteiger partial charge in [0.25, 0.3) is 5.91 Å². The third-order valence-corrected chi connectivity index (χ3v) is 3.45. The van der Waals surface area contributed by atoms with Crippen molar-refractivity contribution in [3.8, 4) is 0 Å². The number of benzene rings is 1. The molecule has 0 bridgehead atoms. The zero-order valence-corrected chi connectivity index (χ0v) is 11.1. The van der Waals surface area contributed by atoms with Crippen LogP contribution in [-0.2, 0) is 0 Å². The first-order valence-electron chi connectivity index (χ1n) is 6.02. The summed E-state index contributed by atoms with van der Waals surface area (Å²) in [5.41, 5.74) is 5.87. The zero-order chi connectivity index (χ0) is 13.3. The second-order valence-electron chi connectivity index (χ2n) is 4.87. The standard InChI is InChI=1S/C13H17ClN2O2/c1-2-5-13(18)7-16(8-13)12(17)10-4-3-9(14)6-11(10)15/h3-4,6,18H,2,5,7-8,15H2,1H3. The summed E-state index contributed by atoms with van der Waals surface area (Å²) in [6.07, 6.45) is 1.62. The van der Waals surface area contributed by atoms with E-state index in [0.29, 0.717) is 35.8 Å². The van der Waals surface area contributed by atoms with Crippen LogP contribution in [0, 0.1) is 0 Å². The van der Waals surface area contributed by atoms with Crippen molar-refractivity contribution >= 4 is 23.2 Å². The van der Waals surface area contributed by atoms with Gasteiger partial charge in [-0.25, -0.2) is 0 Å². The molecule has 1 heterocycles. The molecule has 5 heteroatoms. The molecule has 0 saturated carbocycles. The molecule has 0 unspecified atom stereocenters. The number of carbonyl (C=O) groups is 1. The lowest BCUT2D eigenvalue weighted by Gasteiger charge is -2.46. The fraction of sp³-hybridized carbons (Fsp3) is 0.462. The van der Waals surface area contributed by atoms with E-state index in [-0.39, 0.29) is 5.91 Å². The molecule has 1 aromatic rings. The maximum atomic E-state index is 12.1. The normalized spacial score (nSPS) is 17.4. The van der Waals surface area contributed by atoms with Crippen LogP contribution in [-0.4, -0.2) is 34.6 Å². The summed E-state index contributed by atoms with van der Waals surface area (Å²) in [5.74, 6) is -0.148. The number of nitrogens with two attached hydrogens (primary N) is 1. The fourth-order valence-electron chi connectivity index (χ4n) is 2.33. The molecule has 0 atom stereocenters. The first kappa shape index (κ1) is 13.2. The average Bonchev–Trinajstić information content (AvgIpc) is 2.25. The number of likely N-dealkylation sites (tertiary alicyclic amines) is 1. The molecule has 1 aromatic carbocycles. The van der Waals surface area contributed by atoms with Crippen molar-refractivity contribution in [2.24, 2.45) is 0 Å². The van der Waals surface area contributed by atoms with Gasteiger partial charge in [0, 0.05) is 10.7 Å². The molecule has 3 N–H and O–H groups in total. The molecule has 1 saturated heterocycles. The number of anilines is 1. The highest BCUT2D eigenvalue weighted by molar-refractivity contribution is 6.31. The number of hydrogen-bond acceptors (Lipinski definition) is 3. The molecule has 1 aliphatic heterocycles. The number of rotatable bonds is 3. The van der Waals surface area contributed by atoms with Crippen LogP contribution in [0.5, 0.6) is 0 Å². The molecule has 0 spiro atoms. The SMILES string of the molecule is CCCC1(O)CN(C(=O)c2ccc(Cl)cc2N)C1. The molecule has 4 nitrogen and oxygen atoms in total. The lowest BCUT2D eigenvalue weighted by atomic mass is 9.88. The van der Waals surface area contributed by atoms with Crippen molar-refractivity contribution in [2.45, 2.75) is 25.4 Å². The van der Waals surface area contributed by atoms with Gasteiger partial charge in [-0.2, -0.15) is 0 Å². The molecule has 1 fully saturated rings. The summed E-state index contributed by atoms with van der Waals surface area (Å²) in [7, 11) is 0. The van der Waals surface area contributed by atoms with Gasteiger partial charge in [0.2, 0.25) is 0 Å². The highest BCUT2D eigenvalue weighted by Crippen LogP contribution is 2.29. The van der Waals surface area contributed by atoms with Crippen LogP contribution in [0.4, 0.5) is 5.69 Å². The van der Waals surface area contributed by atoms with E-state index in [2.05, 4.69) is 0 Å². The minimum atomic E-state index is -0.717. The predicted molar refractivity (Wildman–Crippen MR) is 71.6 cm³/mol. The van der Waals surface area contributed by atoms with Gasteiger partial charge in [0.05, 0.1) is 24.3 Å². The van der Waals surface area contributed by atoms with Gasteiger partial charge in [-0.3, -0.25) is 4.79 Å². The number of carbonyl (C=O) groups excluding carboxylic acids is 1. The number of hydrogen-bond donors (Lipinski definition) is 2. The summed E-state index contributed by atoms with van der Waals surface area (Å²) in [6, 6.07) is 4.83. The molecule has 1 amide bonds. The Bertz CT molecular complexity index is 470. The molecular weight excluding hydrogens is 252 g/mol. The van der Waals surface area contributed by atoms with Gasteiger partial charge < -0.3 is 15.7 Å². The zero-order valence-electron chi connectivity index (χ0n) is 10.3. The molecule has 0 aromatic heterocycles. The second-order valence-corrected chi connectivity index (χ2v) is 5.30. The van der Waals surface area contributed by atoms with Crippen LogP contribution in [0.1, 0.15) is 30.1 Å². The Morgan fingerprint density at radius 3 is 2.78 bits per heavy atom. The van der Waals surface area contributed by atoms with Crippen LogP contribution in [0.2, 0.25) is 5.02 Å². The van der Waals surface area contributed by atoms with Crippen LogP contribution in [0.25, 0.3) is 0 Å². The van der Waals surface area contributed by atoms with E-state index in [4.69, 9.17) is 17.3 Å². The number of nitrogen functional groups attached to an aromatic ring is 1. The molecule has 18 heavy (non-hydrogen) atoms. The van der Waals surface area contributed by atoms with Gasteiger partial charge in [-0.1, -0.05) is 24.9 Å². The molecule has 2 rings (SSSR count). The van der Waals surface area contributed by atoms with Gasteiger partial charge in [-0.05, 0) is 24.6 Å². The largest absolute Gasteiger partial charge is 0.398 e. The van der Waals surface area contributed by atoms with Crippen molar-refractivity contribution in [1.29, 1.82) is 0 Å². The third-order valence-electron chi connectivity index (χ3n) is 3.22. The third kappa shape index (κ3) is 2.44. The van der Waals surface area contributed by atoms with Gasteiger partial charge in [-0.15, -0.1) is 0 Å². The average molecular weight is 269 g/mol. The van der Waals surface area contributed by atoms with E-state index in [1.165, 1.54) is 0 Å². The summed E-state index contributed by atoms with van der Waals surface area (Å²) >= 11 is 5.79. The van der Waals surface area contributed by atoms with Crippen molar-refractivity contribution < 1.29 is 9.90 Å². The smallest absolute Gasteiger partial charge is 0.256 e. The summed E-state index contributed by atoms with van der Waals surface area (Å²) < 4.78 is 0. The molecular formula is C13H17ClN2O2. The van der Waals surface area contributed by atoms with E-state index in [0.717, 1.165) is 6.42 Å². The summed E-state index contributed by atoms with van der Waals surface area (Å²) in [5, 5.41) is 10.6. The number of nitrogens with zero attached hydrogens (tertiary/aromatic N) is 1. The van der Waals surface area contributed by atoms with Crippen molar-refractivity contribution in [2.75, 3.05) is 18.8 Å². The van der Waals surface area contributed by atoms with Crippen molar-refractivity contribution in [1.82, 2.24) is 4.90 Å². The number of halogens is 1. The van der Waals surface area contributed by atoms with Crippen LogP contribution in [0.15, 0.2) is 18.2 Å². The highest BCUT2D eigenvalue weighted by Gasteiger charge is 2.43. The topological polar surface area (TPSA) is 66.6 Å². The van der Waals surface area contributed by atoms with Crippen LogP contribution >= 0.6 is 11.6 Å². The first-order chi connectivity index (χ1) is 8.45. The minimum Gasteiger partial charge on any atom is -0.398 e. The second kappa shape index (κ2) is 4.78. The number of aliphatic hydroxyl groups is 1. The Morgan fingerprint density at radius 1 is 1.56 bits per heavy atom. The molecule has 0 radical (unpaired) electrons. The predicted octanol–water partition coefficient (Wildman–Crippen LogP) is 1.91. The number of β-amino-alcohol motifs (C(OH)–C–C–N with tert-alkyl or cyclic N) is 1. The van der Waals surface area contributed by atoms with Crippen LogP contribution < -0.4 is 5.73 Å². The van der Waals surface area contributed by atoms with Gasteiger partial charge in [0.15, 0.2) is 0 Å². The van der Waals surface area contributed by atoms with E-state index >= 15 is 0 Å². The van der Waals surface area contributed by atoms with Crippen LogP contribution in [0.3, 0.4) is 0 Å². The summed E-state index contributed by atoms with van der Waals surface area (Å²) in [4.78, 5) is 13.7. The Balaban J connectivity index is 2.06. The maximum Gasteiger partial charge on any atom is 0.256 e. The molecule has 0 aliphatic carbocycles. The molecule has 98 valence electrons. The van der Waals surface area contributed by atoms with E-state index in [1.54, 1.807) is 23.1 Å².